The molecule has 7 heteroatoms. The molecule has 1 fully saturated rings. The maximum absolute atomic E-state index is 12.2. The van der Waals surface area contributed by atoms with Crippen molar-refractivity contribution in [3.05, 3.63) is 42.0 Å². The van der Waals surface area contributed by atoms with Gasteiger partial charge in [0.2, 0.25) is 10.0 Å². The highest BCUT2D eigenvalue weighted by Crippen LogP contribution is 2.40. The lowest BCUT2D eigenvalue weighted by Crippen LogP contribution is -2.29. The van der Waals surface area contributed by atoms with Crippen LogP contribution >= 0.6 is 0 Å². The Morgan fingerprint density at radius 3 is 2.58 bits per heavy atom. The first-order valence-corrected chi connectivity index (χ1v) is 10.1. The Bertz CT molecular complexity index is 782. The average Bonchev–Trinajstić information content (AvgIpc) is 3.33. The number of para-hydroxylation sites is 1. The molecule has 0 bridgehead atoms. The predicted octanol–water partition coefficient (Wildman–Crippen LogP) is 2.61. The molecular weight excluding hydrogens is 324 g/mol. The van der Waals surface area contributed by atoms with Crippen LogP contribution in [0.2, 0.25) is 0 Å². The number of rotatable bonds is 8. The number of hydrogen-bond acceptors (Lipinski definition) is 4. The van der Waals surface area contributed by atoms with Crippen LogP contribution in [-0.2, 0) is 16.6 Å². The first kappa shape index (κ1) is 17.1. The molecule has 130 valence electrons. The van der Waals surface area contributed by atoms with Gasteiger partial charge in [0.1, 0.15) is 5.82 Å². The number of benzene rings is 1. The van der Waals surface area contributed by atoms with Gasteiger partial charge in [0.15, 0.2) is 5.82 Å². The number of sulfonamides is 1. The Morgan fingerprint density at radius 1 is 1.25 bits per heavy atom. The third-order valence-electron chi connectivity index (χ3n) is 4.36. The van der Waals surface area contributed by atoms with E-state index in [-0.39, 0.29) is 18.2 Å². The molecule has 0 saturated heterocycles. The Hall–Kier alpha value is -1.73. The smallest absolute Gasteiger partial charge is 0.212 e. The van der Waals surface area contributed by atoms with Gasteiger partial charge in [-0.15, -0.1) is 10.2 Å². The van der Waals surface area contributed by atoms with Crippen LogP contribution in [0.15, 0.2) is 30.3 Å². The van der Waals surface area contributed by atoms with Gasteiger partial charge in [-0.25, -0.2) is 13.1 Å². The number of nitrogens with one attached hydrogen (secondary N) is 1. The minimum absolute atomic E-state index is 0.136. The first-order chi connectivity index (χ1) is 11.5. The molecule has 2 aromatic rings. The Balaban J connectivity index is 1.81. The van der Waals surface area contributed by atoms with E-state index < -0.39 is 10.0 Å². The topological polar surface area (TPSA) is 76.9 Å². The molecular formula is C17H24N4O2S. The maximum atomic E-state index is 12.2. The lowest BCUT2D eigenvalue weighted by molar-refractivity contribution is 0.550. The second-order valence-corrected chi connectivity index (χ2v) is 8.39. The second-order valence-electron chi connectivity index (χ2n) is 6.54. The quantitative estimate of drug-likeness (QED) is 0.795. The summed E-state index contributed by atoms with van der Waals surface area (Å²) in [6, 6.07) is 9.86. The lowest BCUT2D eigenvalue weighted by atomic mass is 10.2. The lowest BCUT2D eigenvalue weighted by Gasteiger charge is -2.12. The average molecular weight is 348 g/mol. The highest BCUT2D eigenvalue weighted by Gasteiger charge is 2.31. The van der Waals surface area contributed by atoms with Gasteiger partial charge in [-0.05, 0) is 30.9 Å². The summed E-state index contributed by atoms with van der Waals surface area (Å²) in [7, 11) is -3.32. The summed E-state index contributed by atoms with van der Waals surface area (Å²) in [5, 5.41) is 8.55. The van der Waals surface area contributed by atoms with Crippen molar-refractivity contribution in [3.63, 3.8) is 0 Å². The molecule has 1 aromatic carbocycles. The Labute approximate surface area is 143 Å². The maximum Gasteiger partial charge on any atom is 0.212 e. The van der Waals surface area contributed by atoms with Gasteiger partial charge in [0, 0.05) is 11.6 Å². The van der Waals surface area contributed by atoms with E-state index in [9.17, 15) is 8.42 Å². The molecule has 0 spiro atoms. The molecule has 1 unspecified atom stereocenters. The molecule has 1 aromatic heterocycles. The summed E-state index contributed by atoms with van der Waals surface area (Å²) in [5.74, 6) is 2.27. The van der Waals surface area contributed by atoms with E-state index in [1.807, 2.05) is 48.7 Å². The van der Waals surface area contributed by atoms with Crippen LogP contribution in [0.3, 0.4) is 0 Å². The van der Waals surface area contributed by atoms with Crippen molar-refractivity contribution in [2.75, 3.05) is 5.75 Å². The minimum Gasteiger partial charge on any atom is -0.282 e. The normalized spacial score (nSPS) is 16.2. The highest BCUT2D eigenvalue weighted by molar-refractivity contribution is 7.89. The van der Waals surface area contributed by atoms with E-state index >= 15 is 0 Å². The molecule has 1 aliphatic rings. The molecule has 1 saturated carbocycles. The molecule has 0 aliphatic heterocycles. The summed E-state index contributed by atoms with van der Waals surface area (Å²) in [4.78, 5) is 0. The standard InChI is InChI=1S/C17H24N4O2S/c1-3-13(2)12-24(22,23)18-11-16-19-20-17(14-9-10-14)21(16)15-7-5-4-6-8-15/h4-8,13-14,18H,3,9-12H2,1-2H3. The Morgan fingerprint density at radius 2 is 1.96 bits per heavy atom. The van der Waals surface area contributed by atoms with Gasteiger partial charge in [0.25, 0.3) is 0 Å². The van der Waals surface area contributed by atoms with Crippen molar-refractivity contribution < 1.29 is 8.42 Å². The summed E-state index contributed by atoms with van der Waals surface area (Å²) in [5.41, 5.74) is 0.973. The summed E-state index contributed by atoms with van der Waals surface area (Å²) in [6.07, 6.45) is 3.07. The van der Waals surface area contributed by atoms with Gasteiger partial charge in [0.05, 0.1) is 12.3 Å². The molecule has 1 N–H and O–H groups in total. The summed E-state index contributed by atoms with van der Waals surface area (Å²) < 4.78 is 29.1. The fourth-order valence-electron chi connectivity index (χ4n) is 2.63. The monoisotopic (exact) mass is 348 g/mol. The van der Waals surface area contributed by atoms with E-state index in [1.54, 1.807) is 0 Å². The molecule has 0 radical (unpaired) electrons. The van der Waals surface area contributed by atoms with E-state index in [0.29, 0.717) is 11.7 Å². The third-order valence-corrected chi connectivity index (χ3v) is 5.96. The molecule has 6 nitrogen and oxygen atoms in total. The zero-order valence-corrected chi connectivity index (χ0v) is 15.0. The van der Waals surface area contributed by atoms with Gasteiger partial charge in [-0.1, -0.05) is 38.5 Å². The number of aromatic nitrogens is 3. The highest BCUT2D eigenvalue weighted by atomic mass is 32.2. The molecule has 0 amide bonds. The van der Waals surface area contributed by atoms with Crippen LogP contribution in [0.4, 0.5) is 0 Å². The van der Waals surface area contributed by atoms with E-state index in [2.05, 4.69) is 14.9 Å². The zero-order valence-electron chi connectivity index (χ0n) is 14.1. The third kappa shape index (κ3) is 4.02. The molecule has 1 aliphatic carbocycles. The van der Waals surface area contributed by atoms with Crippen molar-refractivity contribution in [1.82, 2.24) is 19.5 Å². The SMILES string of the molecule is CCC(C)CS(=O)(=O)NCc1nnc(C2CC2)n1-c1ccccc1. The fourth-order valence-corrected chi connectivity index (χ4v) is 4.09. The van der Waals surface area contributed by atoms with Crippen LogP contribution in [0.1, 0.15) is 50.7 Å². The fraction of sp³-hybridized carbons (Fsp3) is 0.529. The molecule has 1 atom stereocenters. The van der Waals surface area contributed by atoms with Crippen molar-refractivity contribution in [1.29, 1.82) is 0 Å². The van der Waals surface area contributed by atoms with Crippen LogP contribution in [0.5, 0.6) is 0 Å². The number of hydrogen-bond donors (Lipinski definition) is 1. The van der Waals surface area contributed by atoms with Crippen molar-refractivity contribution in [2.45, 2.75) is 45.6 Å². The van der Waals surface area contributed by atoms with Crippen LogP contribution < -0.4 is 4.72 Å². The predicted molar refractivity (Wildman–Crippen MR) is 93.4 cm³/mol. The van der Waals surface area contributed by atoms with E-state index in [4.69, 9.17) is 0 Å². The minimum atomic E-state index is -3.32. The Kier molecular flexibility index (Phi) is 5.01. The molecule has 3 rings (SSSR count). The second kappa shape index (κ2) is 7.03. The van der Waals surface area contributed by atoms with Gasteiger partial charge in [-0.3, -0.25) is 4.57 Å². The van der Waals surface area contributed by atoms with Crippen LogP contribution in [0, 0.1) is 5.92 Å². The summed E-state index contributed by atoms with van der Waals surface area (Å²) >= 11 is 0. The van der Waals surface area contributed by atoms with E-state index in [1.165, 1.54) is 0 Å². The number of nitrogens with zero attached hydrogens (tertiary/aromatic N) is 3. The van der Waals surface area contributed by atoms with Crippen molar-refractivity contribution in [3.8, 4) is 5.69 Å². The molecule has 1 heterocycles. The van der Waals surface area contributed by atoms with Crippen molar-refractivity contribution >= 4 is 10.0 Å². The van der Waals surface area contributed by atoms with Crippen LogP contribution in [-0.4, -0.2) is 28.9 Å². The van der Waals surface area contributed by atoms with E-state index in [0.717, 1.165) is 30.8 Å². The van der Waals surface area contributed by atoms with Gasteiger partial charge in [-0.2, -0.15) is 0 Å². The van der Waals surface area contributed by atoms with Gasteiger partial charge < -0.3 is 0 Å². The summed E-state index contributed by atoms with van der Waals surface area (Å²) in [6.45, 7) is 4.10. The van der Waals surface area contributed by atoms with Crippen molar-refractivity contribution in [2.24, 2.45) is 5.92 Å². The zero-order chi connectivity index (χ0) is 17.2. The first-order valence-electron chi connectivity index (χ1n) is 8.47. The largest absolute Gasteiger partial charge is 0.282 e. The van der Waals surface area contributed by atoms with Crippen LogP contribution in [0.25, 0.3) is 5.69 Å². The van der Waals surface area contributed by atoms with Gasteiger partial charge >= 0.3 is 0 Å². The molecule has 24 heavy (non-hydrogen) atoms.